The number of rotatable bonds is 8. The molecule has 1 aromatic rings. The number of nitrogens with one attached hydrogen (secondary N) is 1. The normalized spacial score (nSPS) is 21.4. The Kier molecular flexibility index (Phi) is 8.30. The fourth-order valence-electron chi connectivity index (χ4n) is 3.99. The Bertz CT molecular complexity index is 617. The van der Waals surface area contributed by atoms with E-state index in [-0.39, 0.29) is 17.7 Å². The standard InChI is InChI=1S/C22H33N3O3/c26-21(23-10-6-11-24-13-15-28-16-14-24)17-20-9-4-5-12-25(22(20)27)18-19-7-2-1-3-8-19/h1-3,7-8,20H,4-6,9-18H2,(H,23,26). The van der Waals surface area contributed by atoms with Crippen LogP contribution in [0.5, 0.6) is 0 Å². The van der Waals surface area contributed by atoms with Gasteiger partial charge in [-0.3, -0.25) is 14.5 Å². The quantitative estimate of drug-likeness (QED) is 0.694. The molecule has 2 aliphatic rings. The molecule has 0 aliphatic carbocycles. The molecular formula is C22H33N3O3. The van der Waals surface area contributed by atoms with E-state index >= 15 is 0 Å². The summed E-state index contributed by atoms with van der Waals surface area (Å²) < 4.78 is 5.35. The van der Waals surface area contributed by atoms with Crippen molar-refractivity contribution >= 4 is 11.8 Å². The molecule has 1 N–H and O–H groups in total. The Morgan fingerprint density at radius 2 is 1.89 bits per heavy atom. The van der Waals surface area contributed by atoms with Crippen LogP contribution in [0.15, 0.2) is 30.3 Å². The molecule has 3 rings (SSSR count). The average molecular weight is 388 g/mol. The van der Waals surface area contributed by atoms with Gasteiger partial charge in [0.2, 0.25) is 11.8 Å². The minimum Gasteiger partial charge on any atom is -0.379 e. The first-order valence-electron chi connectivity index (χ1n) is 10.6. The van der Waals surface area contributed by atoms with Gasteiger partial charge in [0.1, 0.15) is 0 Å². The van der Waals surface area contributed by atoms with Crippen LogP contribution in [-0.4, -0.2) is 67.6 Å². The Morgan fingerprint density at radius 1 is 1.11 bits per heavy atom. The predicted octanol–water partition coefficient (Wildman–Crippen LogP) is 2.04. The summed E-state index contributed by atoms with van der Waals surface area (Å²) in [4.78, 5) is 29.6. The maximum atomic E-state index is 12.9. The molecule has 0 spiro atoms. The molecule has 0 bridgehead atoms. The summed E-state index contributed by atoms with van der Waals surface area (Å²) in [6.45, 7) is 6.62. The van der Waals surface area contributed by atoms with Gasteiger partial charge in [-0.15, -0.1) is 0 Å². The van der Waals surface area contributed by atoms with Gasteiger partial charge in [0, 0.05) is 45.1 Å². The first-order chi connectivity index (χ1) is 13.7. The van der Waals surface area contributed by atoms with E-state index in [4.69, 9.17) is 4.74 Å². The minimum atomic E-state index is -0.189. The van der Waals surface area contributed by atoms with Crippen LogP contribution in [0.4, 0.5) is 0 Å². The molecule has 0 saturated carbocycles. The number of benzene rings is 1. The maximum absolute atomic E-state index is 12.9. The highest BCUT2D eigenvalue weighted by Gasteiger charge is 2.28. The molecule has 2 fully saturated rings. The molecule has 6 heteroatoms. The summed E-state index contributed by atoms with van der Waals surface area (Å²) in [5.41, 5.74) is 1.14. The highest BCUT2D eigenvalue weighted by molar-refractivity contribution is 5.86. The van der Waals surface area contributed by atoms with Crippen molar-refractivity contribution in [3.8, 4) is 0 Å². The molecule has 1 atom stereocenters. The third-order valence-electron chi connectivity index (χ3n) is 5.62. The van der Waals surface area contributed by atoms with E-state index in [1.807, 2.05) is 35.2 Å². The molecule has 154 valence electrons. The number of hydrogen-bond donors (Lipinski definition) is 1. The lowest BCUT2D eigenvalue weighted by molar-refractivity contribution is -0.138. The molecule has 28 heavy (non-hydrogen) atoms. The van der Waals surface area contributed by atoms with Crippen LogP contribution in [0.1, 0.15) is 37.7 Å². The number of carbonyl (C=O) groups is 2. The zero-order valence-electron chi connectivity index (χ0n) is 16.8. The van der Waals surface area contributed by atoms with E-state index in [1.165, 1.54) is 0 Å². The first kappa shape index (κ1) is 20.8. The lowest BCUT2D eigenvalue weighted by atomic mass is 9.98. The van der Waals surface area contributed by atoms with Crippen molar-refractivity contribution in [1.82, 2.24) is 15.1 Å². The molecule has 1 aromatic carbocycles. The zero-order chi connectivity index (χ0) is 19.6. The van der Waals surface area contributed by atoms with Crippen LogP contribution in [-0.2, 0) is 20.9 Å². The third-order valence-corrected chi connectivity index (χ3v) is 5.62. The number of ether oxygens (including phenoxy) is 1. The van der Waals surface area contributed by atoms with Crippen molar-refractivity contribution in [1.29, 1.82) is 0 Å². The molecule has 2 aliphatic heterocycles. The fraction of sp³-hybridized carbons (Fsp3) is 0.636. The van der Waals surface area contributed by atoms with Gasteiger partial charge in [0.15, 0.2) is 0 Å². The molecule has 0 radical (unpaired) electrons. The van der Waals surface area contributed by atoms with Gasteiger partial charge in [-0.25, -0.2) is 0 Å². The molecule has 0 aromatic heterocycles. The maximum Gasteiger partial charge on any atom is 0.226 e. The highest BCUT2D eigenvalue weighted by atomic mass is 16.5. The number of amides is 2. The number of hydrogen-bond acceptors (Lipinski definition) is 4. The summed E-state index contributed by atoms with van der Waals surface area (Å²) in [6, 6.07) is 10.1. The largest absolute Gasteiger partial charge is 0.379 e. The van der Waals surface area contributed by atoms with Gasteiger partial charge >= 0.3 is 0 Å². The topological polar surface area (TPSA) is 61.9 Å². The second kappa shape index (κ2) is 11.2. The third kappa shape index (κ3) is 6.60. The monoisotopic (exact) mass is 387 g/mol. The minimum absolute atomic E-state index is 0.00175. The van der Waals surface area contributed by atoms with Crippen molar-refractivity contribution in [3.63, 3.8) is 0 Å². The van der Waals surface area contributed by atoms with Crippen LogP contribution in [0, 0.1) is 5.92 Å². The first-order valence-corrected chi connectivity index (χ1v) is 10.6. The summed E-state index contributed by atoms with van der Waals surface area (Å²) >= 11 is 0. The average Bonchev–Trinajstić information content (AvgIpc) is 2.89. The number of carbonyl (C=O) groups excluding carboxylic acids is 2. The van der Waals surface area contributed by atoms with Crippen LogP contribution < -0.4 is 5.32 Å². The predicted molar refractivity (Wildman–Crippen MR) is 109 cm³/mol. The number of nitrogens with zero attached hydrogens (tertiary/aromatic N) is 2. The van der Waals surface area contributed by atoms with Crippen molar-refractivity contribution in [2.45, 2.75) is 38.6 Å². The molecule has 6 nitrogen and oxygen atoms in total. The van der Waals surface area contributed by atoms with Crippen molar-refractivity contribution in [3.05, 3.63) is 35.9 Å². The second-order valence-corrected chi connectivity index (χ2v) is 7.80. The van der Waals surface area contributed by atoms with Gasteiger partial charge in [-0.2, -0.15) is 0 Å². The van der Waals surface area contributed by atoms with Gasteiger partial charge in [-0.1, -0.05) is 36.8 Å². The van der Waals surface area contributed by atoms with Crippen LogP contribution >= 0.6 is 0 Å². The highest BCUT2D eigenvalue weighted by Crippen LogP contribution is 2.22. The lowest BCUT2D eigenvalue weighted by Crippen LogP contribution is -2.39. The molecule has 1 unspecified atom stereocenters. The van der Waals surface area contributed by atoms with E-state index in [0.29, 0.717) is 19.5 Å². The van der Waals surface area contributed by atoms with E-state index < -0.39 is 0 Å². The summed E-state index contributed by atoms with van der Waals surface area (Å²) in [7, 11) is 0. The lowest BCUT2D eigenvalue weighted by Gasteiger charge is -2.26. The number of morpholine rings is 1. The second-order valence-electron chi connectivity index (χ2n) is 7.80. The van der Waals surface area contributed by atoms with Crippen molar-refractivity contribution in [2.24, 2.45) is 5.92 Å². The van der Waals surface area contributed by atoms with Gasteiger partial charge in [0.05, 0.1) is 13.2 Å². The van der Waals surface area contributed by atoms with E-state index in [0.717, 1.165) is 70.6 Å². The smallest absolute Gasteiger partial charge is 0.226 e. The SMILES string of the molecule is O=C(CC1CCCCN(Cc2ccccc2)C1=O)NCCCN1CCOCC1. The summed E-state index contributed by atoms with van der Waals surface area (Å²) in [5, 5.41) is 3.01. The Labute approximate surface area is 168 Å². The van der Waals surface area contributed by atoms with Crippen LogP contribution in [0.25, 0.3) is 0 Å². The van der Waals surface area contributed by atoms with Gasteiger partial charge in [0.25, 0.3) is 0 Å². The Balaban J connectivity index is 1.41. The summed E-state index contributed by atoms with van der Waals surface area (Å²) in [6.07, 6.45) is 4.07. The Morgan fingerprint density at radius 3 is 2.68 bits per heavy atom. The van der Waals surface area contributed by atoms with Crippen LogP contribution in [0.2, 0.25) is 0 Å². The summed E-state index contributed by atoms with van der Waals surface area (Å²) in [5.74, 6) is -0.0582. The molecule has 2 heterocycles. The van der Waals surface area contributed by atoms with Gasteiger partial charge < -0.3 is 15.0 Å². The molecule has 2 amide bonds. The Hall–Kier alpha value is -1.92. The van der Waals surface area contributed by atoms with Crippen molar-refractivity contribution < 1.29 is 14.3 Å². The fourth-order valence-corrected chi connectivity index (χ4v) is 3.99. The molecular weight excluding hydrogens is 354 g/mol. The zero-order valence-corrected chi connectivity index (χ0v) is 16.8. The van der Waals surface area contributed by atoms with E-state index in [2.05, 4.69) is 10.2 Å². The van der Waals surface area contributed by atoms with Crippen LogP contribution in [0.3, 0.4) is 0 Å². The van der Waals surface area contributed by atoms with Gasteiger partial charge in [-0.05, 0) is 31.4 Å². The van der Waals surface area contributed by atoms with E-state index in [9.17, 15) is 9.59 Å². The number of likely N-dealkylation sites (tertiary alicyclic amines) is 1. The molecule has 2 saturated heterocycles. The van der Waals surface area contributed by atoms with E-state index in [1.54, 1.807) is 0 Å². The van der Waals surface area contributed by atoms with Crippen molar-refractivity contribution in [2.75, 3.05) is 45.9 Å².